The topological polar surface area (TPSA) is 108 Å². The Morgan fingerprint density at radius 3 is 2.77 bits per heavy atom. The Morgan fingerprint density at radius 1 is 1.31 bits per heavy atom. The van der Waals surface area contributed by atoms with Gasteiger partial charge in [0.15, 0.2) is 0 Å². The number of hydrogen-bond donors (Lipinski definition) is 2. The molecule has 1 aliphatic heterocycles. The van der Waals surface area contributed by atoms with Crippen molar-refractivity contribution in [3.05, 3.63) is 52.0 Å². The number of fused-ring (bicyclic) bond motifs is 1. The summed E-state index contributed by atoms with van der Waals surface area (Å²) >= 11 is 3.41. The third-order valence-electron chi connectivity index (χ3n) is 4.06. The summed E-state index contributed by atoms with van der Waals surface area (Å²) in [5.41, 5.74) is 0.947. The van der Waals surface area contributed by atoms with Crippen LogP contribution in [0.5, 0.6) is 11.5 Å². The molecule has 2 aromatic rings. The van der Waals surface area contributed by atoms with Gasteiger partial charge in [0.2, 0.25) is 10.0 Å². The van der Waals surface area contributed by atoms with Crippen molar-refractivity contribution in [1.82, 2.24) is 5.32 Å². The Labute approximate surface area is 159 Å². The van der Waals surface area contributed by atoms with E-state index in [2.05, 4.69) is 21.2 Å². The number of rotatable bonds is 4. The lowest BCUT2D eigenvalue weighted by Crippen LogP contribution is -2.32. The van der Waals surface area contributed by atoms with Crippen LogP contribution < -0.4 is 19.9 Å². The summed E-state index contributed by atoms with van der Waals surface area (Å²) in [5.74, 6) is 0.511. The molecular formula is C17H17BrN2O5S. The van der Waals surface area contributed by atoms with Gasteiger partial charge in [0.1, 0.15) is 11.5 Å². The number of carbonyl (C=O) groups excluding carboxylic acids is 1. The van der Waals surface area contributed by atoms with Crippen LogP contribution in [-0.2, 0) is 10.0 Å². The highest BCUT2D eigenvalue weighted by Crippen LogP contribution is 2.34. The van der Waals surface area contributed by atoms with E-state index >= 15 is 0 Å². The quantitative estimate of drug-likeness (QED) is 0.758. The molecule has 0 fully saturated rings. The number of methoxy groups -OCH3 is 1. The van der Waals surface area contributed by atoms with Crippen molar-refractivity contribution in [2.75, 3.05) is 13.7 Å². The van der Waals surface area contributed by atoms with Crippen LogP contribution in [0.2, 0.25) is 0 Å². The lowest BCUT2D eigenvalue weighted by atomic mass is 10.00. The van der Waals surface area contributed by atoms with E-state index in [1.165, 1.54) is 25.3 Å². The van der Waals surface area contributed by atoms with Crippen LogP contribution in [0.25, 0.3) is 0 Å². The minimum atomic E-state index is -3.93. The van der Waals surface area contributed by atoms with Crippen molar-refractivity contribution in [1.29, 1.82) is 0 Å². The van der Waals surface area contributed by atoms with Crippen LogP contribution in [0.4, 0.5) is 0 Å². The van der Waals surface area contributed by atoms with Crippen molar-refractivity contribution in [3.8, 4) is 11.5 Å². The monoisotopic (exact) mass is 440 g/mol. The fourth-order valence-electron chi connectivity index (χ4n) is 2.79. The summed E-state index contributed by atoms with van der Waals surface area (Å²) < 4.78 is 34.8. The first kappa shape index (κ1) is 18.7. The molecule has 3 rings (SSSR count). The zero-order chi connectivity index (χ0) is 18.9. The van der Waals surface area contributed by atoms with Crippen molar-refractivity contribution in [2.24, 2.45) is 5.14 Å². The number of nitrogens with two attached hydrogens (primary N) is 1. The fraction of sp³-hybridized carbons (Fsp3) is 0.235. The van der Waals surface area contributed by atoms with Gasteiger partial charge in [-0.2, -0.15) is 0 Å². The number of amides is 1. The molecule has 9 heteroatoms. The van der Waals surface area contributed by atoms with Gasteiger partial charge in [-0.1, -0.05) is 15.9 Å². The lowest BCUT2D eigenvalue weighted by Gasteiger charge is -2.27. The van der Waals surface area contributed by atoms with Crippen LogP contribution in [-0.4, -0.2) is 28.0 Å². The molecule has 1 atom stereocenters. The first-order valence-corrected chi connectivity index (χ1v) is 10.1. The third-order valence-corrected chi connectivity index (χ3v) is 5.47. The van der Waals surface area contributed by atoms with Gasteiger partial charge in [0.05, 0.1) is 30.2 Å². The molecule has 3 N–H and O–H groups in total. The first-order chi connectivity index (χ1) is 12.3. The van der Waals surface area contributed by atoms with E-state index in [4.69, 9.17) is 14.6 Å². The number of sulfonamides is 1. The van der Waals surface area contributed by atoms with Crippen LogP contribution in [0.3, 0.4) is 0 Å². The molecule has 0 saturated heterocycles. The molecule has 0 aromatic heterocycles. The standard InChI is InChI=1S/C17H17BrN2O5S/c1-24-15-5-3-11(26(19,22)23)9-13(15)17(21)20-14-6-7-25-16-4-2-10(18)8-12(14)16/h2-5,8-9,14H,6-7H2,1H3,(H,20,21)(H2,19,22,23). The molecule has 0 saturated carbocycles. The highest BCUT2D eigenvalue weighted by molar-refractivity contribution is 9.10. The van der Waals surface area contributed by atoms with Gasteiger partial charge in [0.25, 0.3) is 5.91 Å². The largest absolute Gasteiger partial charge is 0.496 e. The maximum Gasteiger partial charge on any atom is 0.255 e. The smallest absolute Gasteiger partial charge is 0.255 e. The van der Waals surface area contributed by atoms with E-state index in [0.717, 1.165) is 10.0 Å². The Hall–Kier alpha value is -2.10. The third kappa shape index (κ3) is 3.84. The van der Waals surface area contributed by atoms with E-state index < -0.39 is 15.9 Å². The maximum atomic E-state index is 12.8. The van der Waals surface area contributed by atoms with Crippen LogP contribution in [0.1, 0.15) is 28.4 Å². The zero-order valence-electron chi connectivity index (χ0n) is 13.9. The van der Waals surface area contributed by atoms with E-state index in [9.17, 15) is 13.2 Å². The molecule has 0 radical (unpaired) electrons. The number of primary sulfonamides is 1. The van der Waals surface area contributed by atoms with E-state index in [0.29, 0.717) is 18.8 Å². The lowest BCUT2D eigenvalue weighted by molar-refractivity contribution is 0.0921. The number of halogens is 1. The summed E-state index contributed by atoms with van der Waals surface area (Å²) in [6, 6.07) is 9.23. The molecule has 0 aliphatic carbocycles. The number of hydrogen-bond acceptors (Lipinski definition) is 5. The Bertz CT molecular complexity index is 962. The van der Waals surface area contributed by atoms with Crippen molar-refractivity contribution >= 4 is 31.9 Å². The van der Waals surface area contributed by atoms with Crippen molar-refractivity contribution < 1.29 is 22.7 Å². The fourth-order valence-corrected chi connectivity index (χ4v) is 3.71. The normalized spacial score (nSPS) is 16.3. The summed E-state index contributed by atoms with van der Waals surface area (Å²) in [4.78, 5) is 12.6. The predicted octanol–water partition coefficient (Wildman–Crippen LogP) is 2.36. The second-order valence-electron chi connectivity index (χ2n) is 5.75. The van der Waals surface area contributed by atoms with Crippen LogP contribution >= 0.6 is 15.9 Å². The Kier molecular flexibility index (Phi) is 5.22. The molecule has 1 aliphatic rings. The van der Waals surface area contributed by atoms with Crippen LogP contribution in [0.15, 0.2) is 45.8 Å². The molecular weight excluding hydrogens is 424 g/mol. The van der Waals surface area contributed by atoms with E-state index in [1.807, 2.05) is 18.2 Å². The number of ether oxygens (including phenoxy) is 2. The highest BCUT2D eigenvalue weighted by atomic mass is 79.9. The zero-order valence-corrected chi connectivity index (χ0v) is 16.3. The molecule has 0 spiro atoms. The molecule has 1 heterocycles. The average Bonchev–Trinajstić information content (AvgIpc) is 2.60. The molecule has 0 bridgehead atoms. The molecule has 2 aromatic carbocycles. The van der Waals surface area contributed by atoms with E-state index in [1.54, 1.807) is 0 Å². The highest BCUT2D eigenvalue weighted by Gasteiger charge is 2.25. The van der Waals surface area contributed by atoms with E-state index in [-0.39, 0.29) is 22.3 Å². The summed E-state index contributed by atoms with van der Waals surface area (Å²) in [6.45, 7) is 0.466. The maximum absolute atomic E-state index is 12.8. The summed E-state index contributed by atoms with van der Waals surface area (Å²) in [7, 11) is -2.53. The van der Waals surface area contributed by atoms with Crippen molar-refractivity contribution in [2.45, 2.75) is 17.4 Å². The minimum Gasteiger partial charge on any atom is -0.496 e. The summed E-state index contributed by atoms with van der Waals surface area (Å²) in [6.07, 6.45) is 0.590. The predicted molar refractivity (Wildman–Crippen MR) is 98.8 cm³/mol. The van der Waals surface area contributed by atoms with Gasteiger partial charge < -0.3 is 14.8 Å². The number of benzene rings is 2. The second-order valence-corrected chi connectivity index (χ2v) is 8.23. The second kappa shape index (κ2) is 7.26. The first-order valence-electron chi connectivity index (χ1n) is 7.73. The van der Waals surface area contributed by atoms with Gasteiger partial charge in [-0.25, -0.2) is 13.6 Å². The number of nitrogens with one attached hydrogen (secondary N) is 1. The molecule has 138 valence electrons. The Balaban J connectivity index is 1.93. The molecule has 1 unspecified atom stereocenters. The summed E-state index contributed by atoms with van der Waals surface area (Å²) in [5, 5.41) is 8.08. The minimum absolute atomic E-state index is 0.0991. The van der Waals surface area contributed by atoms with Gasteiger partial charge in [-0.3, -0.25) is 4.79 Å². The molecule has 1 amide bonds. The van der Waals surface area contributed by atoms with Crippen LogP contribution in [0, 0.1) is 0 Å². The van der Waals surface area contributed by atoms with Crippen molar-refractivity contribution in [3.63, 3.8) is 0 Å². The number of carbonyl (C=O) groups is 1. The molecule has 26 heavy (non-hydrogen) atoms. The average molecular weight is 441 g/mol. The van der Waals surface area contributed by atoms with Gasteiger partial charge in [0, 0.05) is 16.5 Å². The van der Waals surface area contributed by atoms with Gasteiger partial charge >= 0.3 is 0 Å². The molecule has 7 nitrogen and oxygen atoms in total. The SMILES string of the molecule is COc1ccc(S(N)(=O)=O)cc1C(=O)NC1CCOc2ccc(Br)cc21. The van der Waals surface area contributed by atoms with Gasteiger partial charge in [-0.05, 0) is 36.4 Å². The Morgan fingerprint density at radius 2 is 2.08 bits per heavy atom. The van der Waals surface area contributed by atoms with Gasteiger partial charge in [-0.15, -0.1) is 0 Å².